The summed E-state index contributed by atoms with van der Waals surface area (Å²) in [6, 6.07) is 19.5. The van der Waals surface area contributed by atoms with Crippen LogP contribution in [0.25, 0.3) is 22.5 Å². The van der Waals surface area contributed by atoms with Gasteiger partial charge >= 0.3 is 5.97 Å². The first kappa shape index (κ1) is 14.1. The van der Waals surface area contributed by atoms with Crippen LogP contribution in [-0.4, -0.2) is 18.2 Å². The average molecular weight is 293 g/mol. The molecule has 0 N–H and O–H groups in total. The first-order valence-electron chi connectivity index (χ1n) is 6.96. The highest BCUT2D eigenvalue weighted by Crippen LogP contribution is 2.35. The number of ether oxygens (including phenoxy) is 1. The van der Waals surface area contributed by atoms with E-state index in [1.54, 1.807) is 0 Å². The van der Waals surface area contributed by atoms with Crippen molar-refractivity contribution >= 4 is 5.97 Å². The number of hydrogen-bond donors (Lipinski definition) is 0. The number of nitrogens with zero attached hydrogens (tertiary/aromatic N) is 1. The molecule has 0 aliphatic rings. The summed E-state index contributed by atoms with van der Waals surface area (Å²) in [6.45, 7) is 0. The van der Waals surface area contributed by atoms with Gasteiger partial charge in [-0.25, -0.2) is 0 Å². The van der Waals surface area contributed by atoms with Crippen LogP contribution < -0.4 is 0 Å². The Morgan fingerprint density at radius 3 is 2.18 bits per heavy atom. The van der Waals surface area contributed by atoms with Crippen molar-refractivity contribution in [3.8, 4) is 22.5 Å². The summed E-state index contributed by atoms with van der Waals surface area (Å²) >= 11 is 0. The highest BCUT2D eigenvalue weighted by atomic mass is 16.5. The van der Waals surface area contributed by atoms with Crippen LogP contribution in [0.3, 0.4) is 0 Å². The number of aromatic nitrogens is 1. The Balaban J connectivity index is 2.13. The molecule has 0 saturated carbocycles. The third-order valence-corrected chi connectivity index (χ3v) is 3.40. The van der Waals surface area contributed by atoms with E-state index in [0.29, 0.717) is 11.5 Å². The summed E-state index contributed by atoms with van der Waals surface area (Å²) in [6.07, 6.45) is 0.0804. The molecule has 0 radical (unpaired) electrons. The van der Waals surface area contributed by atoms with Crippen LogP contribution in [0.2, 0.25) is 0 Å². The zero-order chi connectivity index (χ0) is 15.4. The van der Waals surface area contributed by atoms with E-state index in [-0.39, 0.29) is 12.4 Å². The zero-order valence-corrected chi connectivity index (χ0v) is 12.2. The van der Waals surface area contributed by atoms with Gasteiger partial charge in [-0.1, -0.05) is 65.8 Å². The van der Waals surface area contributed by atoms with Gasteiger partial charge in [0.2, 0.25) is 0 Å². The third-order valence-electron chi connectivity index (χ3n) is 3.40. The second-order valence-corrected chi connectivity index (χ2v) is 4.82. The molecule has 0 amide bonds. The van der Waals surface area contributed by atoms with Crippen molar-refractivity contribution in [1.29, 1.82) is 0 Å². The van der Waals surface area contributed by atoms with Crippen LogP contribution in [0, 0.1) is 0 Å². The van der Waals surface area contributed by atoms with Crippen molar-refractivity contribution < 1.29 is 14.1 Å². The monoisotopic (exact) mass is 293 g/mol. The van der Waals surface area contributed by atoms with E-state index in [9.17, 15) is 4.79 Å². The molecular formula is C18H15NO3. The van der Waals surface area contributed by atoms with E-state index in [1.807, 2.05) is 60.7 Å². The smallest absolute Gasteiger partial charge is 0.311 e. The van der Waals surface area contributed by atoms with Crippen molar-refractivity contribution in [1.82, 2.24) is 5.16 Å². The fourth-order valence-electron chi connectivity index (χ4n) is 2.34. The largest absolute Gasteiger partial charge is 0.469 e. The van der Waals surface area contributed by atoms with Gasteiger partial charge in [-0.3, -0.25) is 4.79 Å². The fourth-order valence-corrected chi connectivity index (χ4v) is 2.34. The van der Waals surface area contributed by atoms with Crippen LogP contribution in [-0.2, 0) is 16.0 Å². The zero-order valence-electron chi connectivity index (χ0n) is 12.2. The third kappa shape index (κ3) is 2.76. The Kier molecular flexibility index (Phi) is 4.01. The summed E-state index contributed by atoms with van der Waals surface area (Å²) in [7, 11) is 1.36. The first-order chi connectivity index (χ1) is 10.8. The summed E-state index contributed by atoms with van der Waals surface area (Å²) in [5.41, 5.74) is 3.29. The van der Waals surface area contributed by atoms with Crippen molar-refractivity contribution in [2.24, 2.45) is 0 Å². The molecule has 3 rings (SSSR count). The quantitative estimate of drug-likeness (QED) is 0.688. The van der Waals surface area contributed by atoms with Gasteiger partial charge in [0.05, 0.1) is 19.1 Å². The topological polar surface area (TPSA) is 52.3 Å². The predicted molar refractivity (Wildman–Crippen MR) is 83.1 cm³/mol. The fraction of sp³-hybridized carbons (Fsp3) is 0.111. The highest BCUT2D eigenvalue weighted by Gasteiger charge is 2.21. The van der Waals surface area contributed by atoms with Gasteiger partial charge in [0.15, 0.2) is 5.76 Å². The van der Waals surface area contributed by atoms with Crippen molar-refractivity contribution in [2.75, 3.05) is 7.11 Å². The van der Waals surface area contributed by atoms with E-state index in [1.165, 1.54) is 7.11 Å². The molecule has 0 aliphatic carbocycles. The maximum atomic E-state index is 11.6. The molecule has 4 heteroatoms. The first-order valence-corrected chi connectivity index (χ1v) is 6.96. The van der Waals surface area contributed by atoms with E-state index in [2.05, 4.69) is 5.16 Å². The van der Waals surface area contributed by atoms with Gasteiger partial charge in [-0.2, -0.15) is 0 Å². The van der Waals surface area contributed by atoms with Gasteiger partial charge in [-0.15, -0.1) is 0 Å². The lowest BCUT2D eigenvalue weighted by molar-refractivity contribution is -0.139. The SMILES string of the molecule is COC(=O)Cc1noc(-c2ccccc2)c1-c1ccccc1. The molecule has 0 saturated heterocycles. The average Bonchev–Trinajstić information content (AvgIpc) is 3.00. The molecule has 0 atom stereocenters. The van der Waals surface area contributed by atoms with E-state index in [4.69, 9.17) is 9.26 Å². The van der Waals surface area contributed by atoms with Gasteiger partial charge in [0, 0.05) is 5.56 Å². The second kappa shape index (κ2) is 6.26. The second-order valence-electron chi connectivity index (χ2n) is 4.82. The number of hydrogen-bond acceptors (Lipinski definition) is 4. The Bertz CT molecular complexity index is 764. The molecule has 0 unspecified atom stereocenters. The summed E-state index contributed by atoms with van der Waals surface area (Å²) in [4.78, 5) is 11.6. The minimum Gasteiger partial charge on any atom is -0.469 e. The molecule has 3 aromatic rings. The molecular weight excluding hydrogens is 278 g/mol. The number of carbonyl (C=O) groups excluding carboxylic acids is 1. The Hall–Kier alpha value is -2.88. The lowest BCUT2D eigenvalue weighted by Crippen LogP contribution is -2.05. The molecule has 1 heterocycles. The lowest BCUT2D eigenvalue weighted by Gasteiger charge is -2.04. The molecule has 4 nitrogen and oxygen atoms in total. The van der Waals surface area contributed by atoms with Crippen LogP contribution in [0.4, 0.5) is 0 Å². The molecule has 0 fully saturated rings. The molecule has 1 aromatic heterocycles. The van der Waals surface area contributed by atoms with Crippen LogP contribution in [0.5, 0.6) is 0 Å². The number of esters is 1. The number of rotatable bonds is 4. The maximum Gasteiger partial charge on any atom is 0.311 e. The molecule has 2 aromatic carbocycles. The standard InChI is InChI=1S/C18H15NO3/c1-21-16(20)12-15-17(13-8-4-2-5-9-13)18(22-19-15)14-10-6-3-7-11-14/h2-11H,12H2,1H3. The minimum atomic E-state index is -0.343. The normalized spacial score (nSPS) is 10.4. The molecule has 0 spiro atoms. The maximum absolute atomic E-state index is 11.6. The number of methoxy groups -OCH3 is 1. The summed E-state index contributed by atoms with van der Waals surface area (Å²) in [5.74, 6) is 0.316. The van der Waals surface area contributed by atoms with Crippen molar-refractivity contribution in [3.05, 3.63) is 66.4 Å². The van der Waals surface area contributed by atoms with Gasteiger partial charge in [0.1, 0.15) is 5.69 Å². The molecule has 0 bridgehead atoms. The minimum absolute atomic E-state index is 0.0804. The predicted octanol–water partition coefficient (Wildman–Crippen LogP) is 3.72. The lowest BCUT2D eigenvalue weighted by atomic mass is 9.98. The Morgan fingerprint density at radius 2 is 1.59 bits per heavy atom. The van der Waals surface area contributed by atoms with Gasteiger partial charge < -0.3 is 9.26 Å². The molecule has 22 heavy (non-hydrogen) atoms. The van der Waals surface area contributed by atoms with Crippen molar-refractivity contribution in [3.63, 3.8) is 0 Å². The van der Waals surface area contributed by atoms with Crippen LogP contribution in [0.1, 0.15) is 5.69 Å². The summed E-state index contributed by atoms with van der Waals surface area (Å²) in [5, 5.41) is 4.08. The van der Waals surface area contributed by atoms with E-state index >= 15 is 0 Å². The van der Waals surface area contributed by atoms with E-state index in [0.717, 1.165) is 16.7 Å². The Labute approximate surface area is 128 Å². The van der Waals surface area contributed by atoms with Gasteiger partial charge in [-0.05, 0) is 5.56 Å². The van der Waals surface area contributed by atoms with Crippen molar-refractivity contribution in [2.45, 2.75) is 6.42 Å². The Morgan fingerprint density at radius 1 is 1.00 bits per heavy atom. The number of carbonyl (C=O) groups is 1. The number of benzene rings is 2. The van der Waals surface area contributed by atoms with Crippen LogP contribution in [0.15, 0.2) is 65.2 Å². The molecule has 110 valence electrons. The molecule has 0 aliphatic heterocycles. The van der Waals surface area contributed by atoms with Gasteiger partial charge in [0.25, 0.3) is 0 Å². The summed E-state index contributed by atoms with van der Waals surface area (Å²) < 4.78 is 10.3. The highest BCUT2D eigenvalue weighted by molar-refractivity contribution is 5.84. The van der Waals surface area contributed by atoms with Crippen LogP contribution >= 0.6 is 0 Å². The van der Waals surface area contributed by atoms with E-state index < -0.39 is 0 Å².